The van der Waals surface area contributed by atoms with Crippen LogP contribution in [0.1, 0.15) is 23.7 Å². The van der Waals surface area contributed by atoms with Crippen LogP contribution in [0.2, 0.25) is 10.0 Å². The average Bonchev–Trinajstić information content (AvgIpc) is 3.05. The number of nitrogens with zero attached hydrogens (tertiary/aromatic N) is 3. The van der Waals surface area contributed by atoms with Gasteiger partial charge in [-0.2, -0.15) is 0 Å². The van der Waals surface area contributed by atoms with Crippen molar-refractivity contribution >= 4 is 46.8 Å². The van der Waals surface area contributed by atoms with Crippen molar-refractivity contribution in [2.45, 2.75) is 24.9 Å². The van der Waals surface area contributed by atoms with Crippen LogP contribution in [-0.2, 0) is 14.4 Å². The van der Waals surface area contributed by atoms with Crippen LogP contribution in [0, 0.1) is 11.8 Å². The van der Waals surface area contributed by atoms with Gasteiger partial charge in [-0.15, -0.1) is 0 Å². The molecule has 3 aliphatic rings. The predicted octanol–water partition coefficient (Wildman–Crippen LogP) is 1.67. The van der Waals surface area contributed by atoms with Crippen LogP contribution in [0.3, 0.4) is 0 Å². The standard InChI is InChI=1S/C19H19Cl2N3O4/c1-4-19-14-13(16(26)23(3)17(14)27)12(8-22(2)18(19)28)24(19)15(25)9-5-6-10(20)11(21)7-9/h5-7,12-14H,4,8H2,1-3H3/t12?,13?,14?,19-/m1/s1. The number of likely N-dealkylation sites (N-methyl/N-ethyl adjacent to an activating group) is 1. The maximum atomic E-state index is 13.5. The zero-order chi connectivity index (χ0) is 20.5. The highest BCUT2D eigenvalue weighted by molar-refractivity contribution is 6.42. The van der Waals surface area contributed by atoms with Gasteiger partial charge in [-0.05, 0) is 24.6 Å². The smallest absolute Gasteiger partial charge is 0.255 e. The van der Waals surface area contributed by atoms with Crippen LogP contribution in [0.5, 0.6) is 0 Å². The molecule has 1 aromatic carbocycles. The number of fused-ring (bicyclic) bond motifs is 5. The monoisotopic (exact) mass is 423 g/mol. The molecule has 28 heavy (non-hydrogen) atoms. The molecule has 3 aliphatic heterocycles. The lowest BCUT2D eigenvalue weighted by Crippen LogP contribution is -2.68. The largest absolute Gasteiger partial charge is 0.342 e. The van der Waals surface area contributed by atoms with Crippen LogP contribution >= 0.6 is 23.2 Å². The summed E-state index contributed by atoms with van der Waals surface area (Å²) in [6.45, 7) is 1.96. The summed E-state index contributed by atoms with van der Waals surface area (Å²) in [7, 11) is 3.07. The van der Waals surface area contributed by atoms with Gasteiger partial charge in [-0.3, -0.25) is 24.1 Å². The summed E-state index contributed by atoms with van der Waals surface area (Å²) in [6, 6.07) is 3.92. The fraction of sp³-hybridized carbons (Fsp3) is 0.474. The molecule has 1 aromatic rings. The van der Waals surface area contributed by atoms with E-state index in [4.69, 9.17) is 23.2 Å². The van der Waals surface area contributed by atoms with Crippen molar-refractivity contribution in [3.8, 4) is 0 Å². The normalized spacial score (nSPS) is 31.7. The molecule has 3 unspecified atom stereocenters. The number of piperazine rings is 1. The molecule has 2 bridgehead atoms. The summed E-state index contributed by atoms with van der Waals surface area (Å²) in [4.78, 5) is 56.6. The van der Waals surface area contributed by atoms with Gasteiger partial charge in [0.15, 0.2) is 0 Å². The number of likely N-dealkylation sites (tertiary alicyclic amines) is 2. The van der Waals surface area contributed by atoms with Gasteiger partial charge in [0, 0.05) is 26.2 Å². The maximum absolute atomic E-state index is 13.5. The number of hydrogen-bond acceptors (Lipinski definition) is 4. The van der Waals surface area contributed by atoms with Crippen molar-refractivity contribution in [2.24, 2.45) is 11.8 Å². The molecule has 3 saturated heterocycles. The highest BCUT2D eigenvalue weighted by Gasteiger charge is 2.74. The Bertz CT molecular complexity index is 936. The second-order valence-electron chi connectivity index (χ2n) is 7.57. The van der Waals surface area contributed by atoms with Gasteiger partial charge >= 0.3 is 0 Å². The molecule has 9 heteroatoms. The Balaban J connectivity index is 1.89. The second-order valence-corrected chi connectivity index (χ2v) is 8.39. The first-order chi connectivity index (χ1) is 13.2. The van der Waals surface area contributed by atoms with E-state index in [9.17, 15) is 19.2 Å². The van der Waals surface area contributed by atoms with E-state index >= 15 is 0 Å². The molecule has 3 fully saturated rings. The van der Waals surface area contributed by atoms with E-state index in [2.05, 4.69) is 0 Å². The molecular formula is C19H19Cl2N3O4. The molecule has 3 heterocycles. The molecular weight excluding hydrogens is 405 g/mol. The molecule has 0 aliphatic carbocycles. The van der Waals surface area contributed by atoms with E-state index in [0.29, 0.717) is 5.02 Å². The molecule has 0 aromatic heterocycles. The third-order valence-corrected chi connectivity index (χ3v) is 7.10. The zero-order valence-electron chi connectivity index (χ0n) is 15.6. The molecule has 4 atom stereocenters. The van der Waals surface area contributed by atoms with E-state index < -0.39 is 35.2 Å². The lowest BCUT2D eigenvalue weighted by atomic mass is 9.78. The SMILES string of the molecule is CC[C@]12C(=O)N(C)CC(C3C(=O)N(C)C(=O)C31)N2C(=O)c1ccc(Cl)c(Cl)c1. The number of benzene rings is 1. The number of imide groups is 1. The van der Waals surface area contributed by atoms with Gasteiger partial charge in [-0.25, -0.2) is 0 Å². The minimum atomic E-state index is -1.39. The van der Waals surface area contributed by atoms with Gasteiger partial charge in [0.2, 0.25) is 17.7 Å². The average molecular weight is 424 g/mol. The summed E-state index contributed by atoms with van der Waals surface area (Å²) < 4.78 is 0. The van der Waals surface area contributed by atoms with E-state index in [1.165, 1.54) is 35.0 Å². The molecule has 0 radical (unpaired) electrons. The Hall–Kier alpha value is -2.12. The van der Waals surface area contributed by atoms with Crippen LogP contribution in [-0.4, -0.2) is 70.5 Å². The van der Waals surface area contributed by atoms with Crippen molar-refractivity contribution in [1.29, 1.82) is 0 Å². The minimum Gasteiger partial charge on any atom is -0.342 e. The second kappa shape index (κ2) is 6.19. The van der Waals surface area contributed by atoms with Gasteiger partial charge in [0.1, 0.15) is 5.54 Å². The number of halogens is 2. The van der Waals surface area contributed by atoms with E-state index in [-0.39, 0.29) is 35.4 Å². The summed E-state index contributed by atoms with van der Waals surface area (Å²) in [6.07, 6.45) is 0.230. The Morgan fingerprint density at radius 3 is 2.43 bits per heavy atom. The summed E-state index contributed by atoms with van der Waals surface area (Å²) in [5, 5.41) is 0.530. The predicted molar refractivity (Wildman–Crippen MR) is 102 cm³/mol. The maximum Gasteiger partial charge on any atom is 0.255 e. The number of hydrogen-bond donors (Lipinski definition) is 0. The Morgan fingerprint density at radius 1 is 1.14 bits per heavy atom. The van der Waals surface area contributed by atoms with Crippen molar-refractivity contribution < 1.29 is 19.2 Å². The van der Waals surface area contributed by atoms with E-state index in [1.54, 1.807) is 14.0 Å². The molecule has 4 rings (SSSR count). The van der Waals surface area contributed by atoms with Crippen molar-refractivity contribution in [3.05, 3.63) is 33.8 Å². The summed E-state index contributed by atoms with van der Waals surface area (Å²) in [5.74, 6) is -3.09. The fourth-order valence-corrected chi connectivity index (χ4v) is 5.40. The molecule has 4 amide bonds. The topological polar surface area (TPSA) is 78.0 Å². The van der Waals surface area contributed by atoms with E-state index in [0.717, 1.165) is 4.90 Å². The Kier molecular flexibility index (Phi) is 4.25. The molecule has 0 spiro atoms. The first-order valence-electron chi connectivity index (χ1n) is 9.02. The van der Waals surface area contributed by atoms with Gasteiger partial charge in [0.25, 0.3) is 5.91 Å². The van der Waals surface area contributed by atoms with Crippen LogP contribution in [0.4, 0.5) is 0 Å². The Morgan fingerprint density at radius 2 is 1.82 bits per heavy atom. The molecule has 7 nitrogen and oxygen atoms in total. The van der Waals surface area contributed by atoms with Crippen LogP contribution in [0.15, 0.2) is 18.2 Å². The zero-order valence-corrected chi connectivity index (χ0v) is 17.1. The first-order valence-corrected chi connectivity index (χ1v) is 9.78. The van der Waals surface area contributed by atoms with Crippen molar-refractivity contribution in [3.63, 3.8) is 0 Å². The minimum absolute atomic E-state index is 0.196. The fourth-order valence-electron chi connectivity index (χ4n) is 5.10. The number of rotatable bonds is 2. The van der Waals surface area contributed by atoms with Crippen LogP contribution < -0.4 is 0 Å². The van der Waals surface area contributed by atoms with Crippen LogP contribution in [0.25, 0.3) is 0 Å². The van der Waals surface area contributed by atoms with Crippen molar-refractivity contribution in [2.75, 3.05) is 20.6 Å². The molecule has 148 valence electrons. The van der Waals surface area contributed by atoms with Crippen molar-refractivity contribution in [1.82, 2.24) is 14.7 Å². The Labute approximate surface area is 172 Å². The molecule has 0 saturated carbocycles. The number of carbonyl (C=O) groups is 4. The third kappa shape index (κ3) is 2.17. The first kappa shape index (κ1) is 19.2. The lowest BCUT2D eigenvalue weighted by Gasteiger charge is -2.48. The van der Waals surface area contributed by atoms with Gasteiger partial charge in [-0.1, -0.05) is 30.1 Å². The molecule has 0 N–H and O–H groups in total. The summed E-state index contributed by atoms with van der Waals surface area (Å²) in [5.41, 5.74) is -1.12. The number of amides is 4. The third-order valence-electron chi connectivity index (χ3n) is 6.36. The quantitative estimate of drug-likeness (QED) is 0.677. The van der Waals surface area contributed by atoms with Gasteiger partial charge < -0.3 is 9.80 Å². The summed E-state index contributed by atoms with van der Waals surface area (Å²) >= 11 is 12.0. The highest BCUT2D eigenvalue weighted by Crippen LogP contribution is 2.53. The lowest BCUT2D eigenvalue weighted by molar-refractivity contribution is -0.155. The highest BCUT2D eigenvalue weighted by atomic mass is 35.5. The van der Waals surface area contributed by atoms with Gasteiger partial charge in [0.05, 0.1) is 27.9 Å². The van der Waals surface area contributed by atoms with E-state index in [1.807, 2.05) is 0 Å². The number of carbonyl (C=O) groups excluding carboxylic acids is 4.